The molecule has 0 saturated heterocycles. The van der Waals surface area contributed by atoms with Crippen molar-refractivity contribution >= 4 is 59.6 Å². The molecule has 0 saturated carbocycles. The first-order valence-corrected chi connectivity index (χ1v) is 26.0. The van der Waals surface area contributed by atoms with Gasteiger partial charge in [-0.3, -0.25) is 33.6 Å². The van der Waals surface area contributed by atoms with Crippen molar-refractivity contribution in [2.45, 2.75) is 185 Å². The quantitative estimate of drug-likeness (QED) is 0.0236. The Morgan fingerprint density at radius 3 is 1.41 bits per heavy atom. The Morgan fingerprint density at radius 2 is 0.890 bits per heavy atom. The topological polar surface area (TPSA) is 367 Å². The number of hydrogen-bond donors (Lipinski definition) is 10. The van der Waals surface area contributed by atoms with Crippen LogP contribution in [0.3, 0.4) is 0 Å². The molecule has 0 bridgehead atoms. The predicted molar refractivity (Wildman–Crippen MR) is 267 cm³/mol. The zero-order chi connectivity index (χ0) is 54.3. The largest absolute Gasteiger partial charge is 0.481 e. The van der Waals surface area contributed by atoms with Crippen LogP contribution in [-0.4, -0.2) is 165 Å². The van der Waals surface area contributed by atoms with Gasteiger partial charge in [0.15, 0.2) is 0 Å². The van der Waals surface area contributed by atoms with Crippen molar-refractivity contribution in [1.29, 1.82) is 0 Å². The van der Waals surface area contributed by atoms with Crippen molar-refractivity contribution in [1.82, 2.24) is 31.9 Å². The average molecular weight is 1050 g/mol. The Hall–Kier alpha value is -5.30. The van der Waals surface area contributed by atoms with Crippen LogP contribution in [0.4, 0.5) is 0 Å². The number of rotatable bonds is 51. The van der Waals surface area contributed by atoms with E-state index >= 15 is 0 Å². The van der Waals surface area contributed by atoms with Crippen LogP contribution < -0.4 is 37.6 Å². The number of nitrogens with two attached hydrogens (primary N) is 1. The average Bonchev–Trinajstić information content (AvgIpc) is 3.34. The molecule has 11 N–H and O–H groups in total. The summed E-state index contributed by atoms with van der Waals surface area (Å²) in [6.45, 7) is 2.10. The maximum absolute atomic E-state index is 12.4. The highest BCUT2D eigenvalue weighted by Crippen LogP contribution is 2.14. The molecule has 24 heteroatoms. The van der Waals surface area contributed by atoms with Crippen LogP contribution in [0, 0.1) is 0 Å². The van der Waals surface area contributed by atoms with E-state index in [2.05, 4.69) is 31.9 Å². The third-order valence-electron chi connectivity index (χ3n) is 11.1. The molecule has 0 aromatic heterocycles. The second-order valence-corrected chi connectivity index (χ2v) is 17.7. The minimum atomic E-state index is -1.39. The lowest BCUT2D eigenvalue weighted by Crippen LogP contribution is -2.46. The fourth-order valence-electron chi connectivity index (χ4n) is 7.00. The number of aldehydes is 1. The van der Waals surface area contributed by atoms with Gasteiger partial charge in [-0.1, -0.05) is 90.4 Å². The monoisotopic (exact) mass is 1050 g/mol. The molecule has 4 atom stereocenters. The van der Waals surface area contributed by atoms with Gasteiger partial charge in [-0.15, -0.1) is 0 Å². The molecule has 0 fully saturated rings. The van der Waals surface area contributed by atoms with Crippen LogP contribution in [0.15, 0.2) is 0 Å². The molecule has 2 unspecified atom stereocenters. The first-order valence-electron chi connectivity index (χ1n) is 26.0. The maximum atomic E-state index is 12.4. The van der Waals surface area contributed by atoms with Crippen molar-refractivity contribution in [2.24, 2.45) is 5.73 Å². The number of unbranched alkanes of at least 4 members (excludes halogenated alkanes) is 14. The summed E-state index contributed by atoms with van der Waals surface area (Å²) >= 11 is 0. The number of carboxylic acids is 3. The highest BCUT2D eigenvalue weighted by atomic mass is 16.5. The maximum Gasteiger partial charge on any atom is 0.326 e. The summed E-state index contributed by atoms with van der Waals surface area (Å²) in [5, 5.41) is 42.7. The Bertz CT molecular complexity index is 1590. The summed E-state index contributed by atoms with van der Waals surface area (Å²) in [5.74, 6) is -6.23. The Labute approximate surface area is 429 Å². The Balaban J connectivity index is 3.95. The van der Waals surface area contributed by atoms with Crippen molar-refractivity contribution in [3.63, 3.8) is 0 Å². The lowest BCUT2D eigenvalue weighted by atomic mass is 10.0. The van der Waals surface area contributed by atoms with Crippen LogP contribution in [0.2, 0.25) is 0 Å². The molecule has 0 aliphatic heterocycles. The second-order valence-electron chi connectivity index (χ2n) is 17.7. The molecule has 420 valence electrons. The van der Waals surface area contributed by atoms with Gasteiger partial charge in [0.1, 0.15) is 37.7 Å². The number of carboxylic acid groups (broad SMARTS) is 3. The molecule has 0 aliphatic rings. The van der Waals surface area contributed by atoms with Gasteiger partial charge in [-0.2, -0.15) is 0 Å². The van der Waals surface area contributed by atoms with Gasteiger partial charge in [0, 0.05) is 45.2 Å². The minimum Gasteiger partial charge on any atom is -0.481 e. The number of carbonyl (C=O) groups excluding carboxylic acids is 7. The van der Waals surface area contributed by atoms with Crippen LogP contribution >= 0.6 is 0 Å². The number of carbonyl (C=O) groups is 10. The van der Waals surface area contributed by atoms with Gasteiger partial charge in [0.2, 0.25) is 35.4 Å². The molecule has 0 rings (SSSR count). The molecule has 6 amide bonds. The molecule has 0 heterocycles. The third-order valence-corrected chi connectivity index (χ3v) is 11.1. The zero-order valence-electron chi connectivity index (χ0n) is 43.1. The standard InChI is InChI=1S/C49H87N7O17/c1-2-3-26-51-41(58)23-20-37(33-57)53-43(60)24-21-39(49(68)69)55-46(63)36-73-30-29-70-28-27-52-45(62)35-72-32-31-71-34-40(50)56-44(61)25-22-38(48(66)67)54-42(59)18-16-14-12-10-8-6-4-5-7-9-11-13-15-17-19-47(64)65/h33,37-40H,2-32,34-36,50H2,1H3,(H,51,58)(H,52,62)(H,53,60)(H,54,59)(H,55,63)(H,56,61)(H,64,65)(H,66,67)(H,68,69)/t37-,38-,39?,40?/m0/s1. The fourth-order valence-corrected chi connectivity index (χ4v) is 7.00. The summed E-state index contributed by atoms with van der Waals surface area (Å²) in [6, 6.07) is -3.53. The number of aliphatic carboxylic acids is 3. The van der Waals surface area contributed by atoms with Crippen molar-refractivity contribution in [3.05, 3.63) is 0 Å². The van der Waals surface area contributed by atoms with Gasteiger partial charge in [0.05, 0.1) is 45.7 Å². The van der Waals surface area contributed by atoms with E-state index in [1.54, 1.807) is 0 Å². The van der Waals surface area contributed by atoms with E-state index in [1.807, 2.05) is 6.92 Å². The van der Waals surface area contributed by atoms with E-state index in [9.17, 15) is 58.2 Å². The zero-order valence-corrected chi connectivity index (χ0v) is 43.1. The highest BCUT2D eigenvalue weighted by Gasteiger charge is 2.23. The summed E-state index contributed by atoms with van der Waals surface area (Å²) < 4.78 is 21.2. The SMILES string of the molecule is CCCCNC(=O)CC[C@@H](C=O)NC(=O)CCC(NC(=O)COCCOCCNC(=O)COCCOCC(N)NC(=O)CC[C@H](NC(=O)CCCCCCCCCCCCCCCCC(=O)O)C(=O)O)C(=O)O. The Morgan fingerprint density at radius 1 is 0.452 bits per heavy atom. The van der Waals surface area contributed by atoms with Crippen LogP contribution in [0.1, 0.15) is 161 Å². The summed E-state index contributed by atoms with van der Waals surface area (Å²) in [4.78, 5) is 118. The van der Waals surface area contributed by atoms with Gasteiger partial charge in [-0.25, -0.2) is 9.59 Å². The van der Waals surface area contributed by atoms with Crippen LogP contribution in [0.5, 0.6) is 0 Å². The van der Waals surface area contributed by atoms with Crippen molar-refractivity contribution < 1.29 is 82.2 Å². The molecule has 0 radical (unpaired) electrons. The second kappa shape index (κ2) is 46.5. The minimum absolute atomic E-state index is 0.0141. The molecule has 0 aromatic rings. The van der Waals surface area contributed by atoms with Crippen molar-refractivity contribution in [3.8, 4) is 0 Å². The molecular formula is C49H87N7O17. The lowest BCUT2D eigenvalue weighted by molar-refractivity contribution is -0.143. The van der Waals surface area contributed by atoms with E-state index in [1.165, 1.54) is 32.1 Å². The van der Waals surface area contributed by atoms with E-state index < -0.39 is 72.4 Å². The first-order chi connectivity index (χ1) is 35.1. The molecular weight excluding hydrogens is 959 g/mol. The first kappa shape index (κ1) is 67.7. The number of hydrogen-bond acceptors (Lipinski definition) is 15. The van der Waals surface area contributed by atoms with E-state index in [0.29, 0.717) is 19.3 Å². The number of nitrogens with one attached hydrogen (secondary N) is 6. The third kappa shape index (κ3) is 44.0. The van der Waals surface area contributed by atoms with Gasteiger partial charge >= 0.3 is 17.9 Å². The van der Waals surface area contributed by atoms with E-state index in [0.717, 1.165) is 64.2 Å². The smallest absolute Gasteiger partial charge is 0.326 e. The normalized spacial score (nSPS) is 12.6. The molecule has 0 spiro atoms. The van der Waals surface area contributed by atoms with Crippen LogP contribution in [0.25, 0.3) is 0 Å². The van der Waals surface area contributed by atoms with Crippen LogP contribution in [-0.2, 0) is 66.9 Å². The summed E-state index contributed by atoms with van der Waals surface area (Å²) in [6.07, 6.45) is 15.8. The fraction of sp³-hybridized carbons (Fsp3) is 0.796. The van der Waals surface area contributed by atoms with Gasteiger partial charge in [0.25, 0.3) is 0 Å². The van der Waals surface area contributed by atoms with Gasteiger partial charge in [-0.05, 0) is 38.5 Å². The van der Waals surface area contributed by atoms with E-state index in [-0.39, 0.29) is 116 Å². The number of ether oxygens (including phenoxy) is 4. The molecule has 24 nitrogen and oxygen atoms in total. The molecule has 0 aromatic carbocycles. The molecule has 0 aliphatic carbocycles. The van der Waals surface area contributed by atoms with Gasteiger partial charge < -0.3 is 76.7 Å². The lowest BCUT2D eigenvalue weighted by Gasteiger charge is -2.17. The van der Waals surface area contributed by atoms with E-state index in [4.69, 9.17) is 29.8 Å². The summed E-state index contributed by atoms with van der Waals surface area (Å²) in [5.41, 5.74) is 5.90. The molecule has 73 heavy (non-hydrogen) atoms. The Kier molecular flexibility index (Phi) is 43.1. The summed E-state index contributed by atoms with van der Waals surface area (Å²) in [7, 11) is 0. The number of amides is 6. The van der Waals surface area contributed by atoms with Crippen molar-refractivity contribution in [2.75, 3.05) is 65.9 Å². The highest BCUT2D eigenvalue weighted by molar-refractivity contribution is 5.86. The predicted octanol–water partition coefficient (Wildman–Crippen LogP) is 1.98.